The lowest BCUT2D eigenvalue weighted by molar-refractivity contribution is -0.130. The van der Waals surface area contributed by atoms with Crippen molar-refractivity contribution >= 4 is 17.6 Å². The summed E-state index contributed by atoms with van der Waals surface area (Å²) in [6.45, 7) is 12.7. The van der Waals surface area contributed by atoms with Crippen LogP contribution in [0.3, 0.4) is 0 Å². The Hall–Kier alpha value is -3.52. The molecule has 4 N–H and O–H groups in total. The van der Waals surface area contributed by atoms with Gasteiger partial charge >= 0.3 is 0 Å². The quantitative estimate of drug-likeness (QED) is 0.447. The number of amides is 1. The number of para-hydroxylation sites is 1. The average molecular weight is 507 g/mol. The molecule has 198 valence electrons. The van der Waals surface area contributed by atoms with Crippen LogP contribution in [0, 0.1) is 0 Å². The molecule has 0 saturated carbocycles. The number of nitrogens with two attached hydrogens (primary N) is 1. The molecule has 2 unspecified atom stereocenters. The van der Waals surface area contributed by atoms with Crippen molar-refractivity contribution in [1.29, 1.82) is 0 Å². The lowest BCUT2D eigenvalue weighted by atomic mass is 9.88. The Morgan fingerprint density at radius 3 is 2.65 bits per heavy atom. The molecule has 0 fully saturated rings. The molecule has 0 saturated heterocycles. The Balaban J connectivity index is 1.62. The smallest absolute Gasteiger partial charge is 0.232 e. The van der Waals surface area contributed by atoms with Gasteiger partial charge in [-0.1, -0.05) is 38.6 Å². The molecule has 0 aliphatic carbocycles. The Bertz CT molecular complexity index is 1210. The van der Waals surface area contributed by atoms with E-state index in [1.807, 2.05) is 70.2 Å². The van der Waals surface area contributed by atoms with Crippen LogP contribution in [-0.2, 0) is 11.3 Å². The van der Waals surface area contributed by atoms with Crippen LogP contribution in [0.25, 0.3) is 5.70 Å². The number of fused-ring (bicyclic) bond motifs is 1. The van der Waals surface area contributed by atoms with Crippen LogP contribution in [0.2, 0.25) is 0 Å². The molecule has 37 heavy (non-hydrogen) atoms. The van der Waals surface area contributed by atoms with Gasteiger partial charge in [-0.15, -0.1) is 0 Å². The highest BCUT2D eigenvalue weighted by Gasteiger charge is 2.44. The average Bonchev–Trinajstić information content (AvgIpc) is 3.18. The fraction of sp³-hybridized carbons (Fsp3) is 0.448. The number of aliphatic imine (C=N–C) groups is 1. The van der Waals surface area contributed by atoms with Gasteiger partial charge in [-0.2, -0.15) is 0 Å². The van der Waals surface area contributed by atoms with E-state index < -0.39 is 11.1 Å². The summed E-state index contributed by atoms with van der Waals surface area (Å²) in [5, 5.41) is 13.6. The van der Waals surface area contributed by atoms with Crippen LogP contribution in [0.15, 0.2) is 54.0 Å². The molecule has 0 bridgehead atoms. The van der Waals surface area contributed by atoms with Crippen LogP contribution in [-0.4, -0.2) is 46.2 Å². The zero-order chi connectivity index (χ0) is 26.8. The summed E-state index contributed by atoms with van der Waals surface area (Å²) in [6.07, 6.45) is 1.85. The van der Waals surface area contributed by atoms with Gasteiger partial charge in [0.2, 0.25) is 5.91 Å². The molecular formula is C29H38N4O4. The van der Waals surface area contributed by atoms with E-state index in [1.54, 1.807) is 0 Å². The first-order valence-corrected chi connectivity index (χ1v) is 12.9. The Morgan fingerprint density at radius 1 is 1.27 bits per heavy atom. The van der Waals surface area contributed by atoms with E-state index in [0.29, 0.717) is 24.5 Å². The number of ether oxygens (including phenoxy) is 2. The van der Waals surface area contributed by atoms with Gasteiger partial charge in [0.1, 0.15) is 11.5 Å². The number of carbonyl (C=O) groups is 1. The van der Waals surface area contributed by atoms with Crippen molar-refractivity contribution in [3.8, 4) is 11.5 Å². The number of nitrogens with one attached hydrogen (secondary N) is 1. The van der Waals surface area contributed by atoms with Gasteiger partial charge in [0, 0.05) is 16.8 Å². The third-order valence-electron chi connectivity index (χ3n) is 7.58. The standard InChI is InChI=1S/C29H38N4O4/c1-6-29(7-2)16-25(35)33(27(30)32-29)17-21-15-20(13-14-23(21)36-8-3)19(4)31-26-22-11-9-10-12-24(22)37-28(26,5)18-34/h9-15,26,31,34H,4,6-8,16-18H2,1-3,5H3,(H2,30,32). The number of hydrogen-bond donors (Lipinski definition) is 3. The minimum absolute atomic E-state index is 0.0422. The molecule has 1 amide bonds. The minimum Gasteiger partial charge on any atom is -0.494 e. The molecular weight excluding hydrogens is 468 g/mol. The number of carbonyl (C=O) groups excluding carboxylic acids is 1. The number of rotatable bonds is 10. The second-order valence-electron chi connectivity index (χ2n) is 9.98. The van der Waals surface area contributed by atoms with Gasteiger partial charge < -0.3 is 25.6 Å². The van der Waals surface area contributed by atoms with Crippen molar-refractivity contribution in [1.82, 2.24) is 10.2 Å². The van der Waals surface area contributed by atoms with Crippen molar-refractivity contribution in [3.05, 3.63) is 65.7 Å². The van der Waals surface area contributed by atoms with Crippen LogP contribution in [0.5, 0.6) is 11.5 Å². The van der Waals surface area contributed by atoms with E-state index in [0.717, 1.165) is 35.3 Å². The Labute approximate surface area is 219 Å². The Morgan fingerprint density at radius 2 is 2.00 bits per heavy atom. The second-order valence-corrected chi connectivity index (χ2v) is 9.98. The SMILES string of the molecule is C=C(NC1c2ccccc2OC1(C)CO)c1ccc(OCC)c(CN2C(=O)CC(CC)(CC)N=C2N)c1. The van der Waals surface area contributed by atoms with Crippen molar-refractivity contribution in [2.75, 3.05) is 13.2 Å². The fourth-order valence-corrected chi connectivity index (χ4v) is 5.09. The zero-order valence-corrected chi connectivity index (χ0v) is 22.2. The van der Waals surface area contributed by atoms with Gasteiger partial charge in [0.05, 0.1) is 37.8 Å². The number of nitrogens with zero attached hydrogens (tertiary/aromatic N) is 2. The van der Waals surface area contributed by atoms with Crippen molar-refractivity contribution in [2.45, 2.75) is 70.7 Å². The largest absolute Gasteiger partial charge is 0.494 e. The third kappa shape index (κ3) is 5.03. The number of hydrogen-bond acceptors (Lipinski definition) is 7. The van der Waals surface area contributed by atoms with Gasteiger partial charge in [0.15, 0.2) is 11.6 Å². The molecule has 2 aromatic carbocycles. The molecule has 8 heteroatoms. The van der Waals surface area contributed by atoms with Crippen LogP contribution >= 0.6 is 0 Å². The topological polar surface area (TPSA) is 109 Å². The van der Waals surface area contributed by atoms with Crippen LogP contribution in [0.4, 0.5) is 0 Å². The van der Waals surface area contributed by atoms with E-state index in [-0.39, 0.29) is 31.1 Å². The van der Waals surface area contributed by atoms with Crippen molar-refractivity contribution in [3.63, 3.8) is 0 Å². The second kappa shape index (κ2) is 10.5. The summed E-state index contributed by atoms with van der Waals surface area (Å²) in [4.78, 5) is 19.4. The van der Waals surface area contributed by atoms with Gasteiger partial charge in [-0.25, -0.2) is 4.99 Å². The highest BCUT2D eigenvalue weighted by Crippen LogP contribution is 2.44. The van der Waals surface area contributed by atoms with Crippen LogP contribution < -0.4 is 20.5 Å². The molecule has 2 heterocycles. The molecule has 2 atom stereocenters. The zero-order valence-electron chi connectivity index (χ0n) is 22.2. The van der Waals surface area contributed by atoms with Crippen molar-refractivity contribution < 1.29 is 19.4 Å². The van der Waals surface area contributed by atoms with Gasteiger partial charge in [-0.3, -0.25) is 9.69 Å². The molecule has 2 aromatic rings. The van der Waals surface area contributed by atoms with E-state index in [2.05, 4.69) is 11.9 Å². The molecule has 8 nitrogen and oxygen atoms in total. The highest BCUT2D eigenvalue weighted by atomic mass is 16.5. The summed E-state index contributed by atoms with van der Waals surface area (Å²) >= 11 is 0. The molecule has 2 aliphatic heterocycles. The summed E-state index contributed by atoms with van der Waals surface area (Å²) in [7, 11) is 0. The predicted octanol–water partition coefficient (Wildman–Crippen LogP) is 4.14. The molecule has 0 aromatic heterocycles. The summed E-state index contributed by atoms with van der Waals surface area (Å²) in [5.41, 5.74) is 8.31. The maximum absolute atomic E-state index is 13.1. The monoisotopic (exact) mass is 506 g/mol. The highest BCUT2D eigenvalue weighted by molar-refractivity contribution is 5.99. The van der Waals surface area contributed by atoms with E-state index >= 15 is 0 Å². The van der Waals surface area contributed by atoms with Crippen molar-refractivity contribution in [2.24, 2.45) is 10.7 Å². The number of aliphatic hydroxyl groups excluding tert-OH is 1. The maximum atomic E-state index is 13.1. The minimum atomic E-state index is -0.836. The van der Waals surface area contributed by atoms with Gasteiger partial charge in [0.25, 0.3) is 0 Å². The third-order valence-corrected chi connectivity index (χ3v) is 7.58. The first-order chi connectivity index (χ1) is 17.7. The fourth-order valence-electron chi connectivity index (χ4n) is 5.09. The molecule has 2 aliphatic rings. The van der Waals surface area contributed by atoms with Gasteiger partial charge in [-0.05, 0) is 56.5 Å². The number of aliphatic hydroxyl groups is 1. The molecule has 0 radical (unpaired) electrons. The summed E-state index contributed by atoms with van der Waals surface area (Å²) < 4.78 is 12.0. The summed E-state index contributed by atoms with van der Waals surface area (Å²) in [5.74, 6) is 1.62. The molecule has 0 spiro atoms. The lowest BCUT2D eigenvalue weighted by Gasteiger charge is -2.36. The Kier molecular flexibility index (Phi) is 7.50. The predicted molar refractivity (Wildman–Crippen MR) is 145 cm³/mol. The first kappa shape index (κ1) is 26.5. The summed E-state index contributed by atoms with van der Waals surface area (Å²) in [6, 6.07) is 13.2. The van der Waals surface area contributed by atoms with E-state index in [9.17, 15) is 9.90 Å². The normalized spacial score (nSPS) is 22.2. The lowest BCUT2D eigenvalue weighted by Crippen LogP contribution is -2.50. The maximum Gasteiger partial charge on any atom is 0.232 e. The number of benzene rings is 2. The molecule has 4 rings (SSSR count). The van der Waals surface area contributed by atoms with E-state index in [4.69, 9.17) is 20.2 Å². The first-order valence-electron chi connectivity index (χ1n) is 12.9. The number of guanidine groups is 1. The van der Waals surface area contributed by atoms with E-state index in [1.165, 1.54) is 4.90 Å². The van der Waals surface area contributed by atoms with Crippen LogP contribution in [0.1, 0.15) is 69.7 Å².